The monoisotopic (exact) mass is 385 g/mol. The van der Waals surface area contributed by atoms with Crippen molar-refractivity contribution in [2.24, 2.45) is 11.7 Å². The van der Waals surface area contributed by atoms with Gasteiger partial charge in [0.25, 0.3) is 0 Å². The van der Waals surface area contributed by atoms with Crippen molar-refractivity contribution in [3.8, 4) is 0 Å². The summed E-state index contributed by atoms with van der Waals surface area (Å²) < 4.78 is 25.8. The molecule has 1 aliphatic rings. The van der Waals surface area contributed by atoms with Crippen LogP contribution >= 0.6 is 35.4 Å². The highest BCUT2D eigenvalue weighted by Gasteiger charge is 2.60. The first-order valence-corrected chi connectivity index (χ1v) is 9.57. The Hall–Kier alpha value is -1.14. The van der Waals surface area contributed by atoms with Crippen LogP contribution in [0.15, 0.2) is 53.4 Å². The molecule has 0 radical (unpaired) electrons. The Kier molecular flexibility index (Phi) is 4.40. The Morgan fingerprint density at radius 3 is 2.26 bits per heavy atom. The summed E-state index contributed by atoms with van der Waals surface area (Å²) in [4.78, 5) is 0.426. The van der Waals surface area contributed by atoms with E-state index in [1.807, 2.05) is 6.07 Å². The summed E-state index contributed by atoms with van der Waals surface area (Å²) in [5.74, 6) is -0.656. The highest BCUT2D eigenvalue weighted by molar-refractivity contribution is 7.92. The minimum absolute atomic E-state index is 0.206. The van der Waals surface area contributed by atoms with Crippen molar-refractivity contribution >= 4 is 50.2 Å². The molecule has 0 aromatic heterocycles. The third-order valence-electron chi connectivity index (χ3n) is 4.02. The Morgan fingerprint density at radius 2 is 1.70 bits per heavy atom. The van der Waals surface area contributed by atoms with E-state index in [4.69, 9.17) is 41.2 Å². The molecule has 3 rings (SSSR count). The maximum atomic E-state index is 12.9. The molecule has 7 heteroatoms. The lowest BCUT2D eigenvalue weighted by Crippen LogP contribution is -2.17. The van der Waals surface area contributed by atoms with E-state index in [1.165, 1.54) is 12.1 Å². The molecule has 120 valence electrons. The Balaban J connectivity index is 2.00. The average molecular weight is 386 g/mol. The molecule has 3 atom stereocenters. The first kappa shape index (κ1) is 16.7. The van der Waals surface area contributed by atoms with Crippen molar-refractivity contribution in [1.29, 1.82) is 0 Å². The van der Waals surface area contributed by atoms with Crippen LogP contribution in [0.25, 0.3) is 0 Å². The Labute approximate surface area is 150 Å². The maximum Gasteiger partial charge on any atom is 0.182 e. The Morgan fingerprint density at radius 1 is 1.04 bits per heavy atom. The Bertz CT molecular complexity index is 866. The van der Waals surface area contributed by atoms with Crippen molar-refractivity contribution in [2.45, 2.75) is 16.1 Å². The molecule has 0 spiro atoms. The van der Waals surface area contributed by atoms with E-state index in [9.17, 15) is 8.42 Å². The van der Waals surface area contributed by atoms with Gasteiger partial charge in [0.05, 0.1) is 15.1 Å². The lowest BCUT2D eigenvalue weighted by atomic mass is 10.1. The number of hydrogen-bond acceptors (Lipinski definition) is 3. The molecule has 2 aromatic rings. The third-order valence-corrected chi connectivity index (χ3v) is 7.01. The molecule has 1 aliphatic carbocycles. The van der Waals surface area contributed by atoms with Gasteiger partial charge in [-0.3, -0.25) is 0 Å². The average Bonchev–Trinajstić information content (AvgIpc) is 3.24. The van der Waals surface area contributed by atoms with Crippen LogP contribution in [0, 0.1) is 5.92 Å². The molecule has 2 N–H and O–H groups in total. The van der Waals surface area contributed by atoms with Crippen LogP contribution in [0.3, 0.4) is 0 Å². The van der Waals surface area contributed by atoms with Gasteiger partial charge in [0.2, 0.25) is 0 Å². The number of thiocarbonyl (C=S) groups is 1. The molecular formula is C16H13Cl2NO2S2. The number of halogens is 2. The molecule has 3 nitrogen and oxygen atoms in total. The molecule has 0 aliphatic heterocycles. The molecular weight excluding hydrogens is 373 g/mol. The summed E-state index contributed by atoms with van der Waals surface area (Å²) in [5, 5.41) is 0.371. The van der Waals surface area contributed by atoms with E-state index in [0.29, 0.717) is 10.0 Å². The highest BCUT2D eigenvalue weighted by Crippen LogP contribution is 2.54. The normalized spacial score (nSPS) is 23.5. The van der Waals surface area contributed by atoms with E-state index >= 15 is 0 Å². The number of hydrogen-bond donors (Lipinski definition) is 1. The second-order valence-corrected chi connectivity index (χ2v) is 8.92. The van der Waals surface area contributed by atoms with E-state index in [1.54, 1.807) is 30.3 Å². The minimum Gasteiger partial charge on any atom is -0.393 e. The van der Waals surface area contributed by atoms with E-state index in [0.717, 1.165) is 5.56 Å². The van der Waals surface area contributed by atoms with Crippen LogP contribution < -0.4 is 5.73 Å². The minimum atomic E-state index is -3.56. The van der Waals surface area contributed by atoms with Gasteiger partial charge in [-0.2, -0.15) is 0 Å². The zero-order valence-electron chi connectivity index (χ0n) is 11.8. The zero-order valence-corrected chi connectivity index (χ0v) is 15.0. The van der Waals surface area contributed by atoms with Gasteiger partial charge in [0.15, 0.2) is 9.84 Å². The molecule has 2 aromatic carbocycles. The van der Waals surface area contributed by atoms with Crippen LogP contribution in [-0.4, -0.2) is 18.7 Å². The van der Waals surface area contributed by atoms with Crippen LogP contribution in [-0.2, 0) is 9.84 Å². The van der Waals surface area contributed by atoms with Crippen LogP contribution in [0.5, 0.6) is 0 Å². The van der Waals surface area contributed by atoms with Crippen LogP contribution in [0.4, 0.5) is 0 Å². The van der Waals surface area contributed by atoms with E-state index < -0.39 is 15.1 Å². The smallest absolute Gasteiger partial charge is 0.182 e. The number of nitrogens with two attached hydrogens (primary N) is 1. The van der Waals surface area contributed by atoms with Gasteiger partial charge in [-0.15, -0.1) is 0 Å². The second-order valence-electron chi connectivity index (χ2n) is 5.47. The molecule has 0 heterocycles. The summed E-state index contributed by atoms with van der Waals surface area (Å²) >= 11 is 16.9. The number of rotatable bonds is 4. The fraction of sp³-hybridized carbons (Fsp3) is 0.188. The summed E-state index contributed by atoms with van der Waals surface area (Å²) in [6.07, 6.45) is 0. The fourth-order valence-corrected chi connectivity index (χ4v) is 5.76. The van der Waals surface area contributed by atoms with Gasteiger partial charge in [0.1, 0.15) is 0 Å². The number of benzene rings is 2. The summed E-state index contributed by atoms with van der Waals surface area (Å²) in [6.45, 7) is 0. The molecule has 0 amide bonds. The molecule has 23 heavy (non-hydrogen) atoms. The predicted molar refractivity (Wildman–Crippen MR) is 96.9 cm³/mol. The second kappa shape index (κ2) is 6.06. The van der Waals surface area contributed by atoms with Crippen molar-refractivity contribution in [3.05, 3.63) is 64.1 Å². The van der Waals surface area contributed by atoms with Gasteiger partial charge >= 0.3 is 0 Å². The summed E-state index contributed by atoms with van der Waals surface area (Å²) in [5.41, 5.74) is 6.60. The van der Waals surface area contributed by atoms with Crippen LogP contribution in [0.1, 0.15) is 11.5 Å². The zero-order chi connectivity index (χ0) is 16.8. The standard InChI is InChI=1S/C16H13Cl2NO2S2/c17-10-4-6-12(7-5-10)23(20,21)15-13(14(15)16(19)22)9-2-1-3-11(18)8-9/h1-8,13-15H,(H2,19,22)/t13-,14-,15-/m1/s1. The maximum absolute atomic E-state index is 12.9. The molecule has 0 unspecified atom stereocenters. The van der Waals surface area contributed by atoms with Gasteiger partial charge in [-0.1, -0.05) is 47.6 Å². The topological polar surface area (TPSA) is 60.2 Å². The summed E-state index contributed by atoms with van der Waals surface area (Å²) in [6, 6.07) is 13.3. The van der Waals surface area contributed by atoms with E-state index in [-0.39, 0.29) is 21.7 Å². The van der Waals surface area contributed by atoms with Gasteiger partial charge in [-0.25, -0.2) is 8.42 Å². The molecule has 1 fully saturated rings. The van der Waals surface area contributed by atoms with Crippen molar-refractivity contribution in [3.63, 3.8) is 0 Å². The predicted octanol–water partition coefficient (Wildman–Crippen LogP) is 3.84. The fourth-order valence-electron chi connectivity index (χ4n) is 2.90. The summed E-state index contributed by atoms with van der Waals surface area (Å²) in [7, 11) is -3.56. The van der Waals surface area contributed by atoms with Gasteiger partial charge < -0.3 is 5.73 Å². The first-order valence-electron chi connectivity index (χ1n) is 6.86. The molecule has 0 saturated heterocycles. The number of sulfone groups is 1. The SMILES string of the molecule is NC(=S)[C@@H]1[C@@H](c2cccc(Cl)c2)[C@H]1S(=O)(=O)c1ccc(Cl)cc1. The first-order chi connectivity index (χ1) is 10.8. The van der Waals surface area contributed by atoms with Crippen molar-refractivity contribution in [2.75, 3.05) is 0 Å². The largest absolute Gasteiger partial charge is 0.393 e. The third kappa shape index (κ3) is 3.11. The quantitative estimate of drug-likeness (QED) is 0.812. The molecule has 0 bridgehead atoms. The van der Waals surface area contributed by atoms with Gasteiger partial charge in [0, 0.05) is 21.9 Å². The van der Waals surface area contributed by atoms with Crippen molar-refractivity contribution in [1.82, 2.24) is 0 Å². The van der Waals surface area contributed by atoms with Crippen molar-refractivity contribution < 1.29 is 8.42 Å². The lowest BCUT2D eigenvalue weighted by molar-refractivity contribution is 0.593. The lowest BCUT2D eigenvalue weighted by Gasteiger charge is -2.05. The molecule has 1 saturated carbocycles. The highest BCUT2D eigenvalue weighted by atomic mass is 35.5. The van der Waals surface area contributed by atoms with Gasteiger partial charge in [-0.05, 0) is 42.0 Å². The van der Waals surface area contributed by atoms with E-state index in [2.05, 4.69) is 0 Å². The van der Waals surface area contributed by atoms with Crippen LogP contribution in [0.2, 0.25) is 10.0 Å².